The van der Waals surface area contributed by atoms with Crippen molar-refractivity contribution >= 4 is 29.0 Å². The molecule has 1 fully saturated rings. The van der Waals surface area contributed by atoms with E-state index >= 15 is 0 Å². The average molecular weight is 418 g/mol. The molecule has 1 saturated heterocycles. The first-order chi connectivity index (χ1) is 15.0. The summed E-state index contributed by atoms with van der Waals surface area (Å²) in [6, 6.07) is 16.2. The standard InChI is InChI=1S/C25H31N5O/c1-17-7-8-19(3)22(14-17)27-23-15-24(30-13-5-6-18(2)16-30)29-25(28-23)26-20-9-11-21(31-4)12-10-20/h7-12,14-15,18H,5-6,13,16H2,1-4H3,(H2,26,27,28,29). The fraction of sp³-hybridized carbons (Fsp3) is 0.360. The average Bonchev–Trinajstić information content (AvgIpc) is 2.77. The Balaban J connectivity index is 1.66. The molecule has 0 radical (unpaired) electrons. The first kappa shape index (κ1) is 21.0. The van der Waals surface area contributed by atoms with Crippen LogP contribution in [0.5, 0.6) is 5.75 Å². The Kier molecular flexibility index (Phi) is 6.26. The Hall–Kier alpha value is -3.28. The molecule has 162 valence electrons. The van der Waals surface area contributed by atoms with Crippen molar-refractivity contribution in [2.45, 2.75) is 33.6 Å². The molecule has 31 heavy (non-hydrogen) atoms. The number of hydrogen-bond donors (Lipinski definition) is 2. The number of piperidine rings is 1. The fourth-order valence-corrected chi connectivity index (χ4v) is 3.93. The molecule has 0 saturated carbocycles. The molecule has 6 heteroatoms. The van der Waals surface area contributed by atoms with Crippen molar-refractivity contribution in [1.29, 1.82) is 0 Å². The quantitative estimate of drug-likeness (QED) is 0.526. The highest BCUT2D eigenvalue weighted by Crippen LogP contribution is 2.28. The third-order valence-electron chi connectivity index (χ3n) is 5.70. The Bertz CT molecular complexity index is 1030. The molecule has 2 aromatic carbocycles. The second kappa shape index (κ2) is 9.25. The van der Waals surface area contributed by atoms with Gasteiger partial charge in [-0.3, -0.25) is 0 Å². The van der Waals surface area contributed by atoms with Gasteiger partial charge in [-0.25, -0.2) is 0 Å². The zero-order valence-corrected chi connectivity index (χ0v) is 18.8. The topological polar surface area (TPSA) is 62.3 Å². The second-order valence-electron chi connectivity index (χ2n) is 8.43. The molecule has 2 N–H and O–H groups in total. The number of rotatable bonds is 6. The number of nitrogens with one attached hydrogen (secondary N) is 2. The van der Waals surface area contributed by atoms with Crippen LogP contribution >= 0.6 is 0 Å². The molecule has 4 rings (SSSR count). The number of nitrogens with zero attached hydrogens (tertiary/aromatic N) is 3. The van der Waals surface area contributed by atoms with Gasteiger partial charge in [0, 0.05) is 30.5 Å². The van der Waals surface area contributed by atoms with Crippen LogP contribution in [0.2, 0.25) is 0 Å². The van der Waals surface area contributed by atoms with Crippen molar-refractivity contribution in [3.05, 3.63) is 59.7 Å². The maximum absolute atomic E-state index is 5.26. The lowest BCUT2D eigenvalue weighted by Crippen LogP contribution is -2.35. The molecular weight excluding hydrogens is 386 g/mol. The van der Waals surface area contributed by atoms with Crippen molar-refractivity contribution in [2.24, 2.45) is 5.92 Å². The summed E-state index contributed by atoms with van der Waals surface area (Å²) in [5.74, 6) is 3.80. The highest BCUT2D eigenvalue weighted by atomic mass is 16.5. The van der Waals surface area contributed by atoms with E-state index in [9.17, 15) is 0 Å². The van der Waals surface area contributed by atoms with E-state index in [-0.39, 0.29) is 0 Å². The van der Waals surface area contributed by atoms with Crippen LogP contribution in [0.3, 0.4) is 0 Å². The number of hydrogen-bond acceptors (Lipinski definition) is 6. The molecule has 1 aliphatic heterocycles. The van der Waals surface area contributed by atoms with Crippen LogP contribution in [-0.2, 0) is 0 Å². The van der Waals surface area contributed by atoms with Gasteiger partial charge in [-0.15, -0.1) is 0 Å². The van der Waals surface area contributed by atoms with Gasteiger partial charge >= 0.3 is 0 Å². The molecular formula is C25H31N5O. The van der Waals surface area contributed by atoms with Crippen molar-refractivity contribution < 1.29 is 4.74 Å². The molecule has 1 unspecified atom stereocenters. The van der Waals surface area contributed by atoms with E-state index in [2.05, 4.69) is 60.6 Å². The van der Waals surface area contributed by atoms with Gasteiger partial charge in [0.2, 0.25) is 5.95 Å². The zero-order valence-electron chi connectivity index (χ0n) is 18.8. The molecule has 6 nitrogen and oxygen atoms in total. The van der Waals surface area contributed by atoms with Gasteiger partial charge in [0.15, 0.2) is 0 Å². The largest absolute Gasteiger partial charge is 0.497 e. The Labute approximate surface area is 184 Å². The van der Waals surface area contributed by atoms with E-state index in [0.717, 1.165) is 41.8 Å². The summed E-state index contributed by atoms with van der Waals surface area (Å²) < 4.78 is 5.26. The van der Waals surface area contributed by atoms with Crippen molar-refractivity contribution in [3.8, 4) is 5.75 Å². The zero-order chi connectivity index (χ0) is 21.8. The first-order valence-corrected chi connectivity index (χ1v) is 10.9. The third-order valence-corrected chi connectivity index (χ3v) is 5.70. The normalized spacial score (nSPS) is 16.1. The minimum absolute atomic E-state index is 0.577. The Morgan fingerprint density at radius 2 is 1.81 bits per heavy atom. The van der Waals surface area contributed by atoms with Crippen LogP contribution in [0, 0.1) is 19.8 Å². The van der Waals surface area contributed by atoms with Gasteiger partial charge < -0.3 is 20.3 Å². The molecule has 0 aliphatic carbocycles. The van der Waals surface area contributed by atoms with Crippen LogP contribution in [0.15, 0.2) is 48.5 Å². The predicted molar refractivity (Wildman–Crippen MR) is 128 cm³/mol. The van der Waals surface area contributed by atoms with Gasteiger partial charge in [0.05, 0.1) is 7.11 Å². The number of aromatic nitrogens is 2. The van der Waals surface area contributed by atoms with Gasteiger partial charge in [-0.05, 0) is 74.1 Å². The monoisotopic (exact) mass is 417 g/mol. The lowest BCUT2D eigenvalue weighted by Gasteiger charge is -2.32. The predicted octanol–water partition coefficient (Wildman–Crippen LogP) is 5.83. The maximum atomic E-state index is 5.26. The third kappa shape index (κ3) is 5.26. The molecule has 2 heterocycles. The summed E-state index contributed by atoms with van der Waals surface area (Å²) in [5, 5.41) is 6.86. The number of benzene rings is 2. The number of ether oxygens (including phenoxy) is 1. The summed E-state index contributed by atoms with van der Waals surface area (Å²) >= 11 is 0. The van der Waals surface area contributed by atoms with Crippen molar-refractivity contribution in [2.75, 3.05) is 35.7 Å². The number of methoxy groups -OCH3 is 1. The molecule has 3 aromatic rings. The van der Waals surface area contributed by atoms with E-state index in [0.29, 0.717) is 11.9 Å². The summed E-state index contributed by atoms with van der Waals surface area (Å²) in [5.41, 5.74) is 4.38. The minimum atomic E-state index is 0.577. The number of anilines is 5. The van der Waals surface area contributed by atoms with E-state index in [1.165, 1.54) is 24.0 Å². The maximum Gasteiger partial charge on any atom is 0.231 e. The van der Waals surface area contributed by atoms with Crippen LogP contribution in [-0.4, -0.2) is 30.2 Å². The summed E-state index contributed by atoms with van der Waals surface area (Å²) in [6.07, 6.45) is 2.46. The first-order valence-electron chi connectivity index (χ1n) is 10.9. The van der Waals surface area contributed by atoms with Crippen LogP contribution < -0.4 is 20.3 Å². The van der Waals surface area contributed by atoms with Gasteiger partial charge in [0.25, 0.3) is 0 Å². The fourth-order valence-electron chi connectivity index (χ4n) is 3.93. The summed E-state index contributed by atoms with van der Waals surface area (Å²) in [6.45, 7) is 8.54. The molecule has 0 bridgehead atoms. The van der Waals surface area contributed by atoms with E-state index in [1.807, 2.05) is 24.3 Å². The lowest BCUT2D eigenvalue weighted by molar-refractivity contribution is 0.415. The van der Waals surface area contributed by atoms with Gasteiger partial charge in [0.1, 0.15) is 17.4 Å². The van der Waals surface area contributed by atoms with E-state index in [1.54, 1.807) is 7.11 Å². The van der Waals surface area contributed by atoms with Gasteiger partial charge in [-0.1, -0.05) is 19.1 Å². The molecule has 1 aliphatic rings. The highest BCUT2D eigenvalue weighted by Gasteiger charge is 2.19. The van der Waals surface area contributed by atoms with Crippen LogP contribution in [0.4, 0.5) is 29.0 Å². The Morgan fingerprint density at radius 3 is 2.55 bits per heavy atom. The Morgan fingerprint density at radius 1 is 1.00 bits per heavy atom. The van der Waals surface area contributed by atoms with Crippen LogP contribution in [0.25, 0.3) is 0 Å². The molecule has 0 spiro atoms. The number of aryl methyl sites for hydroxylation is 2. The lowest BCUT2D eigenvalue weighted by atomic mass is 10.0. The smallest absolute Gasteiger partial charge is 0.231 e. The SMILES string of the molecule is COc1ccc(Nc2nc(Nc3cc(C)ccc3C)cc(N3CCCC(C)C3)n2)cc1. The van der Waals surface area contributed by atoms with Crippen LogP contribution in [0.1, 0.15) is 30.9 Å². The molecule has 0 amide bonds. The summed E-state index contributed by atoms with van der Waals surface area (Å²) in [4.78, 5) is 12.0. The van der Waals surface area contributed by atoms with E-state index in [4.69, 9.17) is 14.7 Å². The minimum Gasteiger partial charge on any atom is -0.497 e. The summed E-state index contributed by atoms with van der Waals surface area (Å²) in [7, 11) is 1.67. The van der Waals surface area contributed by atoms with E-state index < -0.39 is 0 Å². The van der Waals surface area contributed by atoms with Crippen molar-refractivity contribution in [1.82, 2.24) is 9.97 Å². The second-order valence-corrected chi connectivity index (χ2v) is 8.43. The van der Waals surface area contributed by atoms with Gasteiger partial charge in [-0.2, -0.15) is 9.97 Å². The molecule has 1 aromatic heterocycles. The highest BCUT2D eigenvalue weighted by molar-refractivity contribution is 5.66. The van der Waals surface area contributed by atoms with Crippen molar-refractivity contribution in [3.63, 3.8) is 0 Å². The molecule has 1 atom stereocenters.